The Morgan fingerprint density at radius 1 is 1.23 bits per heavy atom. The van der Waals surface area contributed by atoms with E-state index in [1.54, 1.807) is 12.4 Å². The van der Waals surface area contributed by atoms with Crippen LogP contribution in [0.25, 0.3) is 0 Å². The second-order valence-electron chi connectivity index (χ2n) is 5.92. The van der Waals surface area contributed by atoms with Crippen LogP contribution in [0.1, 0.15) is 43.7 Å². The number of carbonyl (C=O) groups is 2. The highest BCUT2D eigenvalue weighted by molar-refractivity contribution is 5.87. The molecule has 0 bridgehead atoms. The number of carbonyl (C=O) groups excluding carboxylic acids is 2. The molecule has 2 N–H and O–H groups in total. The summed E-state index contributed by atoms with van der Waals surface area (Å²) in [7, 11) is 0. The highest BCUT2D eigenvalue weighted by Crippen LogP contribution is 2.31. The highest BCUT2D eigenvalue weighted by atomic mass is 16.2. The van der Waals surface area contributed by atoms with Gasteiger partial charge in [0.1, 0.15) is 6.04 Å². The number of hydrogen-bond acceptors (Lipinski definition) is 3. The Labute approximate surface area is 130 Å². The number of nitrogens with zero attached hydrogens (tertiary/aromatic N) is 2. The average molecular weight is 302 g/mol. The van der Waals surface area contributed by atoms with Crippen LogP contribution in [0.4, 0.5) is 4.79 Å². The molecule has 0 aromatic carbocycles. The van der Waals surface area contributed by atoms with Gasteiger partial charge in [-0.1, -0.05) is 0 Å². The van der Waals surface area contributed by atoms with Gasteiger partial charge in [0.2, 0.25) is 5.91 Å². The number of amides is 3. The Morgan fingerprint density at radius 2 is 2.05 bits per heavy atom. The molecule has 2 aliphatic rings. The van der Waals surface area contributed by atoms with Gasteiger partial charge in [-0.05, 0) is 49.8 Å². The topological polar surface area (TPSA) is 74.3 Å². The zero-order chi connectivity index (χ0) is 15.4. The molecule has 0 spiro atoms. The second-order valence-corrected chi connectivity index (χ2v) is 5.92. The van der Waals surface area contributed by atoms with Crippen molar-refractivity contribution in [3.8, 4) is 0 Å². The molecule has 3 heterocycles. The van der Waals surface area contributed by atoms with E-state index in [-0.39, 0.29) is 18.0 Å². The Bertz CT molecular complexity index is 534. The standard InChI is InChI=1S/C16H22N4O2/c21-15-13(4-1-2-8-18-15)19-16(22)20-11-3-5-14(20)12-6-9-17-10-7-12/h6-7,9-10,13-14H,1-5,8,11H2,(H,18,21)(H,19,22)/t13-,14-/m1/s1. The van der Waals surface area contributed by atoms with Crippen LogP contribution in [0.15, 0.2) is 24.5 Å². The molecule has 1 aromatic rings. The van der Waals surface area contributed by atoms with Crippen molar-refractivity contribution in [2.75, 3.05) is 13.1 Å². The molecule has 3 rings (SSSR count). The number of hydrogen-bond donors (Lipinski definition) is 2. The van der Waals surface area contributed by atoms with Gasteiger partial charge in [0.15, 0.2) is 0 Å². The molecule has 0 radical (unpaired) electrons. The molecular weight excluding hydrogens is 280 g/mol. The van der Waals surface area contributed by atoms with E-state index in [1.807, 2.05) is 17.0 Å². The van der Waals surface area contributed by atoms with Crippen molar-refractivity contribution in [2.45, 2.75) is 44.2 Å². The minimum atomic E-state index is -0.409. The zero-order valence-electron chi connectivity index (χ0n) is 12.6. The van der Waals surface area contributed by atoms with E-state index < -0.39 is 6.04 Å². The Kier molecular flexibility index (Phi) is 4.56. The first kappa shape index (κ1) is 14.8. The van der Waals surface area contributed by atoms with Gasteiger partial charge in [0, 0.05) is 25.5 Å². The van der Waals surface area contributed by atoms with Gasteiger partial charge in [-0.3, -0.25) is 9.78 Å². The molecule has 2 fully saturated rings. The minimum Gasteiger partial charge on any atom is -0.354 e. The van der Waals surface area contributed by atoms with Crippen LogP contribution in [-0.2, 0) is 4.79 Å². The molecule has 6 nitrogen and oxygen atoms in total. The van der Waals surface area contributed by atoms with E-state index in [4.69, 9.17) is 0 Å². The summed E-state index contributed by atoms with van der Waals surface area (Å²) in [6.07, 6.45) is 8.08. The molecule has 0 aliphatic carbocycles. The average Bonchev–Trinajstić information content (AvgIpc) is 2.95. The first-order valence-corrected chi connectivity index (χ1v) is 8.00. The van der Waals surface area contributed by atoms with E-state index >= 15 is 0 Å². The normalized spacial score (nSPS) is 25.5. The molecule has 2 saturated heterocycles. The van der Waals surface area contributed by atoms with Crippen molar-refractivity contribution in [3.05, 3.63) is 30.1 Å². The highest BCUT2D eigenvalue weighted by Gasteiger charge is 2.32. The summed E-state index contributed by atoms with van der Waals surface area (Å²) in [6, 6.07) is 3.44. The lowest BCUT2D eigenvalue weighted by atomic mass is 10.1. The molecule has 22 heavy (non-hydrogen) atoms. The van der Waals surface area contributed by atoms with Crippen LogP contribution in [0.5, 0.6) is 0 Å². The monoisotopic (exact) mass is 302 g/mol. The first-order chi connectivity index (χ1) is 10.8. The fraction of sp³-hybridized carbons (Fsp3) is 0.562. The van der Waals surface area contributed by atoms with Crippen molar-refractivity contribution in [2.24, 2.45) is 0 Å². The fourth-order valence-corrected chi connectivity index (χ4v) is 3.25. The van der Waals surface area contributed by atoms with Crippen LogP contribution in [0.3, 0.4) is 0 Å². The van der Waals surface area contributed by atoms with Crippen LogP contribution in [-0.4, -0.2) is 41.0 Å². The van der Waals surface area contributed by atoms with Gasteiger partial charge in [-0.25, -0.2) is 4.79 Å². The third-order valence-corrected chi connectivity index (χ3v) is 4.44. The Hall–Kier alpha value is -2.11. The largest absolute Gasteiger partial charge is 0.354 e. The van der Waals surface area contributed by atoms with Crippen molar-refractivity contribution in [3.63, 3.8) is 0 Å². The summed E-state index contributed by atoms with van der Waals surface area (Å²) >= 11 is 0. The molecule has 1 aromatic heterocycles. The van der Waals surface area contributed by atoms with Gasteiger partial charge in [0.05, 0.1) is 6.04 Å². The lowest BCUT2D eigenvalue weighted by molar-refractivity contribution is -0.122. The van der Waals surface area contributed by atoms with E-state index in [2.05, 4.69) is 15.6 Å². The molecule has 0 unspecified atom stereocenters. The Morgan fingerprint density at radius 3 is 2.86 bits per heavy atom. The number of pyridine rings is 1. The molecule has 3 amide bonds. The van der Waals surface area contributed by atoms with Gasteiger partial charge in [-0.15, -0.1) is 0 Å². The number of nitrogens with one attached hydrogen (secondary N) is 2. The molecule has 2 atom stereocenters. The molecule has 0 saturated carbocycles. The molecule has 6 heteroatoms. The number of urea groups is 1. The van der Waals surface area contributed by atoms with E-state index in [1.165, 1.54) is 0 Å². The number of likely N-dealkylation sites (tertiary alicyclic amines) is 1. The van der Waals surface area contributed by atoms with Gasteiger partial charge in [0.25, 0.3) is 0 Å². The summed E-state index contributed by atoms with van der Waals surface area (Å²) in [4.78, 5) is 30.4. The predicted molar refractivity (Wildman–Crippen MR) is 82.1 cm³/mol. The van der Waals surface area contributed by atoms with Crippen LogP contribution < -0.4 is 10.6 Å². The third kappa shape index (κ3) is 3.21. The summed E-state index contributed by atoms with van der Waals surface area (Å²) in [6.45, 7) is 1.43. The zero-order valence-corrected chi connectivity index (χ0v) is 12.6. The van der Waals surface area contributed by atoms with Crippen LogP contribution in [0.2, 0.25) is 0 Å². The lowest BCUT2D eigenvalue weighted by Gasteiger charge is -2.27. The maximum atomic E-state index is 12.6. The van der Waals surface area contributed by atoms with Gasteiger partial charge >= 0.3 is 6.03 Å². The minimum absolute atomic E-state index is 0.0643. The number of rotatable bonds is 2. The third-order valence-electron chi connectivity index (χ3n) is 4.44. The lowest BCUT2D eigenvalue weighted by Crippen LogP contribution is -2.50. The summed E-state index contributed by atoms with van der Waals surface area (Å²) in [5, 5.41) is 5.76. The predicted octanol–water partition coefficient (Wildman–Crippen LogP) is 1.60. The van der Waals surface area contributed by atoms with E-state index in [9.17, 15) is 9.59 Å². The van der Waals surface area contributed by atoms with Crippen LogP contribution in [0, 0.1) is 0 Å². The Balaban J connectivity index is 1.67. The van der Waals surface area contributed by atoms with Crippen LogP contribution >= 0.6 is 0 Å². The van der Waals surface area contributed by atoms with Crippen molar-refractivity contribution >= 4 is 11.9 Å². The van der Waals surface area contributed by atoms with Gasteiger partial charge < -0.3 is 15.5 Å². The first-order valence-electron chi connectivity index (χ1n) is 8.00. The van der Waals surface area contributed by atoms with Crippen molar-refractivity contribution < 1.29 is 9.59 Å². The van der Waals surface area contributed by atoms with Gasteiger partial charge in [-0.2, -0.15) is 0 Å². The maximum absolute atomic E-state index is 12.6. The smallest absolute Gasteiger partial charge is 0.318 e. The molecular formula is C16H22N4O2. The molecule has 2 aliphatic heterocycles. The SMILES string of the molecule is O=C1NCCCC[C@H]1NC(=O)N1CCC[C@@H]1c1ccncc1. The summed E-state index contributed by atoms with van der Waals surface area (Å²) in [5.74, 6) is -0.0643. The number of aromatic nitrogens is 1. The van der Waals surface area contributed by atoms with Crippen molar-refractivity contribution in [1.29, 1.82) is 0 Å². The van der Waals surface area contributed by atoms with Crippen molar-refractivity contribution in [1.82, 2.24) is 20.5 Å². The summed E-state index contributed by atoms with van der Waals surface area (Å²) in [5.41, 5.74) is 1.10. The summed E-state index contributed by atoms with van der Waals surface area (Å²) < 4.78 is 0. The van der Waals surface area contributed by atoms with E-state index in [0.717, 1.165) is 37.8 Å². The molecule has 118 valence electrons. The quantitative estimate of drug-likeness (QED) is 0.871. The maximum Gasteiger partial charge on any atom is 0.318 e. The second kappa shape index (κ2) is 6.77. The fourth-order valence-electron chi connectivity index (χ4n) is 3.25. The van der Waals surface area contributed by atoms with E-state index in [0.29, 0.717) is 13.0 Å².